The summed E-state index contributed by atoms with van der Waals surface area (Å²) in [7, 11) is 0. The van der Waals surface area contributed by atoms with Gasteiger partial charge in [0.15, 0.2) is 5.69 Å². The number of carbonyl (C=O) groups excluding carboxylic acids is 1. The predicted octanol–water partition coefficient (Wildman–Crippen LogP) is 0.621. The maximum absolute atomic E-state index is 12.2. The number of aromatic carboxylic acids is 1. The van der Waals surface area contributed by atoms with Crippen molar-refractivity contribution in [2.24, 2.45) is 0 Å². The standard InChI is InChI=1S/C14H15N3O4/c1-2-7-15-11(18)8-17-13(19)10-6-4-3-5-9(10)12(16-17)14(20)21/h3-6H,2,7-8H2,1H3,(H,15,18)(H,20,21). The Hall–Kier alpha value is -2.70. The van der Waals surface area contributed by atoms with Crippen molar-refractivity contribution in [3.05, 3.63) is 40.3 Å². The lowest BCUT2D eigenvalue weighted by Gasteiger charge is -2.09. The molecule has 0 aliphatic heterocycles. The molecule has 0 spiro atoms. The third kappa shape index (κ3) is 3.07. The van der Waals surface area contributed by atoms with E-state index in [-0.39, 0.29) is 28.9 Å². The van der Waals surface area contributed by atoms with Gasteiger partial charge in [-0.1, -0.05) is 25.1 Å². The Balaban J connectivity index is 2.50. The summed E-state index contributed by atoms with van der Waals surface area (Å²) < 4.78 is 0.886. The minimum atomic E-state index is -1.24. The summed E-state index contributed by atoms with van der Waals surface area (Å²) >= 11 is 0. The van der Waals surface area contributed by atoms with Gasteiger partial charge in [0.2, 0.25) is 5.91 Å². The van der Waals surface area contributed by atoms with Crippen LogP contribution < -0.4 is 10.9 Å². The van der Waals surface area contributed by atoms with Crippen molar-refractivity contribution in [2.45, 2.75) is 19.9 Å². The van der Waals surface area contributed by atoms with Crippen molar-refractivity contribution in [1.82, 2.24) is 15.1 Å². The smallest absolute Gasteiger partial charge is 0.357 e. The summed E-state index contributed by atoms with van der Waals surface area (Å²) in [6.07, 6.45) is 0.770. The number of hydrogen-bond acceptors (Lipinski definition) is 4. The molecule has 2 aromatic rings. The van der Waals surface area contributed by atoms with Crippen molar-refractivity contribution in [1.29, 1.82) is 0 Å². The second-order valence-electron chi connectivity index (χ2n) is 4.51. The van der Waals surface area contributed by atoms with Crippen molar-refractivity contribution in [3.63, 3.8) is 0 Å². The molecule has 0 atom stereocenters. The maximum atomic E-state index is 12.2. The molecule has 0 fully saturated rings. The summed E-state index contributed by atoms with van der Waals surface area (Å²) in [5, 5.41) is 16.1. The Labute approximate surface area is 120 Å². The Kier molecular flexibility index (Phi) is 4.32. The lowest BCUT2D eigenvalue weighted by atomic mass is 10.1. The molecule has 0 unspecified atom stereocenters. The fourth-order valence-electron chi connectivity index (χ4n) is 1.96. The molecular weight excluding hydrogens is 274 g/mol. The molecule has 7 heteroatoms. The van der Waals surface area contributed by atoms with Gasteiger partial charge in [0.05, 0.1) is 5.39 Å². The molecule has 2 N–H and O–H groups in total. The highest BCUT2D eigenvalue weighted by atomic mass is 16.4. The van der Waals surface area contributed by atoms with E-state index in [2.05, 4.69) is 10.4 Å². The van der Waals surface area contributed by atoms with E-state index in [0.717, 1.165) is 11.1 Å². The first-order chi connectivity index (χ1) is 10.0. The lowest BCUT2D eigenvalue weighted by molar-refractivity contribution is -0.121. The van der Waals surface area contributed by atoms with Crippen LogP contribution in [0.5, 0.6) is 0 Å². The molecule has 21 heavy (non-hydrogen) atoms. The van der Waals surface area contributed by atoms with E-state index in [1.807, 2.05) is 6.92 Å². The molecule has 7 nitrogen and oxygen atoms in total. The second-order valence-corrected chi connectivity index (χ2v) is 4.51. The molecule has 0 aliphatic rings. The zero-order valence-electron chi connectivity index (χ0n) is 11.5. The van der Waals surface area contributed by atoms with Gasteiger partial charge < -0.3 is 10.4 Å². The molecule has 110 valence electrons. The van der Waals surface area contributed by atoms with E-state index < -0.39 is 11.5 Å². The largest absolute Gasteiger partial charge is 0.476 e. The van der Waals surface area contributed by atoms with Gasteiger partial charge in [0.25, 0.3) is 5.56 Å². The number of nitrogens with zero attached hydrogens (tertiary/aromatic N) is 2. The van der Waals surface area contributed by atoms with Gasteiger partial charge in [-0.25, -0.2) is 9.48 Å². The highest BCUT2D eigenvalue weighted by Gasteiger charge is 2.16. The van der Waals surface area contributed by atoms with Gasteiger partial charge in [0.1, 0.15) is 6.54 Å². The minimum Gasteiger partial charge on any atom is -0.476 e. The minimum absolute atomic E-state index is 0.230. The molecule has 1 heterocycles. The number of nitrogens with one attached hydrogen (secondary N) is 1. The monoisotopic (exact) mass is 289 g/mol. The van der Waals surface area contributed by atoms with Crippen LogP contribution in [0.25, 0.3) is 10.8 Å². The molecule has 1 aromatic carbocycles. The Morgan fingerprint density at radius 2 is 1.95 bits per heavy atom. The van der Waals surface area contributed by atoms with Crippen LogP contribution in [-0.4, -0.2) is 33.3 Å². The van der Waals surface area contributed by atoms with Crippen LogP contribution in [0, 0.1) is 0 Å². The number of carboxylic acids is 1. The van der Waals surface area contributed by atoms with Gasteiger partial charge in [-0.05, 0) is 12.5 Å². The molecule has 2 rings (SSSR count). The van der Waals surface area contributed by atoms with Crippen LogP contribution in [0.2, 0.25) is 0 Å². The van der Waals surface area contributed by atoms with Gasteiger partial charge in [0, 0.05) is 11.9 Å². The maximum Gasteiger partial charge on any atom is 0.357 e. The average molecular weight is 289 g/mol. The summed E-state index contributed by atoms with van der Waals surface area (Å²) in [5.74, 6) is -1.62. The number of aromatic nitrogens is 2. The zero-order chi connectivity index (χ0) is 15.4. The molecule has 0 aliphatic carbocycles. The van der Waals surface area contributed by atoms with Crippen LogP contribution in [0.3, 0.4) is 0 Å². The summed E-state index contributed by atoms with van der Waals surface area (Å²) in [6.45, 7) is 2.10. The third-order valence-corrected chi connectivity index (χ3v) is 2.94. The highest BCUT2D eigenvalue weighted by molar-refractivity contribution is 6.01. The lowest BCUT2D eigenvalue weighted by Crippen LogP contribution is -2.35. The number of carboxylic acid groups (broad SMARTS) is 1. The molecule has 1 amide bonds. The first kappa shape index (κ1) is 14.7. The van der Waals surface area contributed by atoms with Crippen LogP contribution >= 0.6 is 0 Å². The van der Waals surface area contributed by atoms with Crippen LogP contribution in [0.4, 0.5) is 0 Å². The summed E-state index contributed by atoms with van der Waals surface area (Å²) in [4.78, 5) is 35.2. The van der Waals surface area contributed by atoms with Crippen LogP contribution in [0.1, 0.15) is 23.8 Å². The van der Waals surface area contributed by atoms with E-state index in [1.54, 1.807) is 12.1 Å². The van der Waals surface area contributed by atoms with Crippen LogP contribution in [0.15, 0.2) is 29.1 Å². The van der Waals surface area contributed by atoms with Gasteiger partial charge in [-0.15, -0.1) is 0 Å². The number of rotatable bonds is 5. The zero-order valence-corrected chi connectivity index (χ0v) is 11.5. The fraction of sp³-hybridized carbons (Fsp3) is 0.286. The van der Waals surface area contributed by atoms with Crippen molar-refractivity contribution < 1.29 is 14.7 Å². The Morgan fingerprint density at radius 3 is 2.57 bits per heavy atom. The molecule has 0 bridgehead atoms. The average Bonchev–Trinajstić information content (AvgIpc) is 2.47. The van der Waals surface area contributed by atoms with Crippen molar-refractivity contribution >= 4 is 22.6 Å². The van der Waals surface area contributed by atoms with E-state index >= 15 is 0 Å². The summed E-state index contributed by atoms with van der Waals surface area (Å²) in [5.41, 5.74) is -0.726. The first-order valence-electron chi connectivity index (χ1n) is 6.54. The first-order valence-corrected chi connectivity index (χ1v) is 6.54. The van der Waals surface area contributed by atoms with Gasteiger partial charge in [-0.2, -0.15) is 5.10 Å². The highest BCUT2D eigenvalue weighted by Crippen LogP contribution is 2.12. The van der Waals surface area contributed by atoms with Gasteiger partial charge in [-0.3, -0.25) is 9.59 Å². The molecule has 0 saturated carbocycles. The quantitative estimate of drug-likeness (QED) is 0.840. The van der Waals surface area contributed by atoms with Crippen molar-refractivity contribution in [3.8, 4) is 0 Å². The molecule has 0 saturated heterocycles. The Bertz CT molecular complexity index is 751. The molecular formula is C14H15N3O4. The van der Waals surface area contributed by atoms with E-state index in [9.17, 15) is 19.5 Å². The van der Waals surface area contributed by atoms with Gasteiger partial charge >= 0.3 is 5.97 Å². The number of carbonyl (C=O) groups is 2. The number of hydrogen-bond donors (Lipinski definition) is 2. The normalized spacial score (nSPS) is 10.5. The number of amides is 1. The van der Waals surface area contributed by atoms with E-state index in [1.165, 1.54) is 12.1 Å². The number of fused-ring (bicyclic) bond motifs is 1. The molecule has 0 radical (unpaired) electrons. The Morgan fingerprint density at radius 1 is 1.29 bits per heavy atom. The summed E-state index contributed by atoms with van der Waals surface area (Å²) in [6, 6.07) is 6.31. The van der Waals surface area contributed by atoms with Crippen molar-refractivity contribution in [2.75, 3.05) is 6.54 Å². The third-order valence-electron chi connectivity index (χ3n) is 2.94. The topological polar surface area (TPSA) is 101 Å². The van der Waals surface area contributed by atoms with Crippen LogP contribution in [-0.2, 0) is 11.3 Å². The fourth-order valence-corrected chi connectivity index (χ4v) is 1.96. The predicted molar refractivity (Wildman–Crippen MR) is 76.3 cm³/mol. The SMILES string of the molecule is CCCNC(=O)Cn1nc(C(=O)O)c2ccccc2c1=O. The van der Waals surface area contributed by atoms with E-state index in [0.29, 0.717) is 6.54 Å². The van der Waals surface area contributed by atoms with E-state index in [4.69, 9.17) is 0 Å². The molecule has 1 aromatic heterocycles. The second kappa shape index (κ2) is 6.17. The number of benzene rings is 1.